The number of halogens is 1. The monoisotopic (exact) mass is 331 g/mol. The van der Waals surface area contributed by atoms with E-state index in [2.05, 4.69) is 5.32 Å². The molecule has 0 saturated carbocycles. The lowest BCUT2D eigenvalue weighted by Crippen LogP contribution is -2.24. The Labute approximate surface area is 139 Å². The molecule has 0 fully saturated rings. The molecule has 126 valence electrons. The van der Waals surface area contributed by atoms with E-state index in [9.17, 15) is 14.3 Å². The van der Waals surface area contributed by atoms with Crippen molar-refractivity contribution in [3.63, 3.8) is 0 Å². The van der Waals surface area contributed by atoms with Crippen molar-refractivity contribution >= 4 is 5.97 Å². The molecule has 2 N–H and O–H groups in total. The first-order chi connectivity index (χ1) is 11.5. The van der Waals surface area contributed by atoms with Gasteiger partial charge >= 0.3 is 5.97 Å². The topological polar surface area (TPSA) is 67.8 Å². The molecule has 2 aromatic carbocycles. The van der Waals surface area contributed by atoms with Crippen LogP contribution in [0, 0.1) is 12.7 Å². The Hall–Kier alpha value is -2.60. The summed E-state index contributed by atoms with van der Waals surface area (Å²) in [6.45, 7) is 2.24. The van der Waals surface area contributed by atoms with Gasteiger partial charge in [-0.25, -0.2) is 4.39 Å². The lowest BCUT2D eigenvalue weighted by Gasteiger charge is -2.19. The predicted molar refractivity (Wildman–Crippen MR) is 85.5 cm³/mol. The molecule has 0 amide bonds. The molecule has 1 aliphatic rings. The summed E-state index contributed by atoms with van der Waals surface area (Å²) in [4.78, 5) is 11.2. The summed E-state index contributed by atoms with van der Waals surface area (Å²) < 4.78 is 24.3. The maximum atomic E-state index is 13.6. The standard InChI is InChI=1S/C18H18FNO4/c1-11-13(3-2-4-14(11)19)9-20-15(8-18(21)22)12-5-6-16-17(7-12)24-10-23-16/h2-7,15,20H,8-10H2,1H3,(H,21,22)/t15-/m0/s1. The van der Waals surface area contributed by atoms with E-state index in [0.717, 1.165) is 11.1 Å². The zero-order valence-corrected chi connectivity index (χ0v) is 13.2. The van der Waals surface area contributed by atoms with Gasteiger partial charge in [-0.2, -0.15) is 0 Å². The van der Waals surface area contributed by atoms with Gasteiger partial charge in [0.2, 0.25) is 6.79 Å². The molecule has 0 aromatic heterocycles. The number of carboxylic acid groups (broad SMARTS) is 1. The fourth-order valence-electron chi connectivity index (χ4n) is 2.69. The highest BCUT2D eigenvalue weighted by molar-refractivity contribution is 5.68. The molecule has 24 heavy (non-hydrogen) atoms. The van der Waals surface area contributed by atoms with E-state index in [1.54, 1.807) is 25.1 Å². The van der Waals surface area contributed by atoms with Crippen LogP contribution in [0.25, 0.3) is 0 Å². The van der Waals surface area contributed by atoms with Crippen molar-refractivity contribution in [3.8, 4) is 11.5 Å². The van der Waals surface area contributed by atoms with Crippen LogP contribution in [0.3, 0.4) is 0 Å². The van der Waals surface area contributed by atoms with Gasteiger partial charge in [0.1, 0.15) is 5.82 Å². The van der Waals surface area contributed by atoms with Crippen LogP contribution in [0.15, 0.2) is 36.4 Å². The number of rotatable bonds is 6. The Kier molecular flexibility index (Phi) is 4.66. The van der Waals surface area contributed by atoms with Crippen LogP contribution in [0.5, 0.6) is 11.5 Å². The Morgan fingerprint density at radius 1 is 1.29 bits per heavy atom. The summed E-state index contributed by atoms with van der Waals surface area (Å²) >= 11 is 0. The third-order valence-corrected chi connectivity index (χ3v) is 4.10. The lowest BCUT2D eigenvalue weighted by molar-refractivity contribution is -0.137. The zero-order chi connectivity index (χ0) is 17.1. The SMILES string of the molecule is Cc1c(F)cccc1CN[C@@H](CC(=O)O)c1ccc2c(c1)OCO2. The van der Waals surface area contributed by atoms with E-state index in [1.165, 1.54) is 6.07 Å². The number of aliphatic carboxylic acids is 1. The number of ether oxygens (including phenoxy) is 2. The molecular weight excluding hydrogens is 313 g/mol. The summed E-state index contributed by atoms with van der Waals surface area (Å²) in [6, 6.07) is 9.82. The van der Waals surface area contributed by atoms with Gasteiger partial charge in [-0.1, -0.05) is 18.2 Å². The molecule has 6 heteroatoms. The van der Waals surface area contributed by atoms with Gasteiger partial charge in [-0.05, 0) is 41.8 Å². The van der Waals surface area contributed by atoms with Crippen molar-refractivity contribution in [2.24, 2.45) is 0 Å². The number of benzene rings is 2. The van der Waals surface area contributed by atoms with Crippen LogP contribution in [0.2, 0.25) is 0 Å². The minimum absolute atomic E-state index is 0.0893. The molecule has 0 aliphatic carbocycles. The summed E-state index contributed by atoms with van der Waals surface area (Å²) in [5, 5.41) is 12.4. The maximum absolute atomic E-state index is 13.6. The average molecular weight is 331 g/mol. The molecule has 5 nitrogen and oxygen atoms in total. The quantitative estimate of drug-likeness (QED) is 0.851. The number of carboxylic acids is 1. The Bertz CT molecular complexity index is 763. The number of hydrogen-bond acceptors (Lipinski definition) is 4. The highest BCUT2D eigenvalue weighted by atomic mass is 19.1. The predicted octanol–water partition coefficient (Wildman–Crippen LogP) is 3.17. The average Bonchev–Trinajstić information content (AvgIpc) is 3.02. The molecule has 1 atom stereocenters. The van der Waals surface area contributed by atoms with E-state index < -0.39 is 12.0 Å². The number of hydrogen-bond donors (Lipinski definition) is 2. The third-order valence-electron chi connectivity index (χ3n) is 4.10. The van der Waals surface area contributed by atoms with Gasteiger partial charge < -0.3 is 19.9 Å². The lowest BCUT2D eigenvalue weighted by atomic mass is 10.0. The van der Waals surface area contributed by atoms with Crippen LogP contribution in [-0.2, 0) is 11.3 Å². The summed E-state index contributed by atoms with van der Waals surface area (Å²) in [6.07, 6.45) is -0.0893. The second-order valence-electron chi connectivity index (χ2n) is 5.67. The van der Waals surface area contributed by atoms with Gasteiger partial charge in [0, 0.05) is 12.6 Å². The smallest absolute Gasteiger partial charge is 0.305 e. The molecule has 0 unspecified atom stereocenters. The first kappa shape index (κ1) is 16.3. The maximum Gasteiger partial charge on any atom is 0.305 e. The molecule has 1 aliphatic heterocycles. The molecule has 0 spiro atoms. The van der Waals surface area contributed by atoms with Gasteiger partial charge in [-0.15, -0.1) is 0 Å². The van der Waals surface area contributed by atoms with Crippen molar-refractivity contribution in [3.05, 3.63) is 58.9 Å². The zero-order valence-electron chi connectivity index (χ0n) is 13.2. The van der Waals surface area contributed by atoms with Gasteiger partial charge in [0.15, 0.2) is 11.5 Å². The molecular formula is C18H18FNO4. The fourth-order valence-corrected chi connectivity index (χ4v) is 2.69. The van der Waals surface area contributed by atoms with Crippen molar-refractivity contribution in [2.45, 2.75) is 25.9 Å². The molecule has 1 heterocycles. The summed E-state index contributed by atoms with van der Waals surface area (Å²) in [5.41, 5.74) is 2.14. The molecule has 2 aromatic rings. The van der Waals surface area contributed by atoms with E-state index in [1.807, 2.05) is 12.1 Å². The van der Waals surface area contributed by atoms with E-state index in [0.29, 0.717) is 23.6 Å². The van der Waals surface area contributed by atoms with Crippen LogP contribution in [-0.4, -0.2) is 17.9 Å². The third kappa shape index (κ3) is 3.49. The number of carbonyl (C=O) groups is 1. The first-order valence-corrected chi connectivity index (χ1v) is 7.63. The van der Waals surface area contributed by atoms with Crippen LogP contribution in [0.1, 0.15) is 29.2 Å². The number of nitrogens with one attached hydrogen (secondary N) is 1. The minimum Gasteiger partial charge on any atom is -0.481 e. The van der Waals surface area contributed by atoms with Crippen molar-refractivity contribution in [2.75, 3.05) is 6.79 Å². The molecule has 3 rings (SSSR count). The van der Waals surface area contributed by atoms with Crippen LogP contribution >= 0.6 is 0 Å². The van der Waals surface area contributed by atoms with E-state index in [-0.39, 0.29) is 19.0 Å². The highest BCUT2D eigenvalue weighted by Gasteiger charge is 2.20. The van der Waals surface area contributed by atoms with E-state index >= 15 is 0 Å². The van der Waals surface area contributed by atoms with E-state index in [4.69, 9.17) is 9.47 Å². The molecule has 0 radical (unpaired) electrons. The number of fused-ring (bicyclic) bond motifs is 1. The van der Waals surface area contributed by atoms with Gasteiger partial charge in [-0.3, -0.25) is 4.79 Å². The second-order valence-corrected chi connectivity index (χ2v) is 5.67. The molecule has 0 saturated heterocycles. The summed E-state index contributed by atoms with van der Waals surface area (Å²) in [7, 11) is 0. The second kappa shape index (κ2) is 6.88. The van der Waals surface area contributed by atoms with Crippen LogP contribution in [0.4, 0.5) is 4.39 Å². The van der Waals surface area contributed by atoms with Gasteiger partial charge in [0.05, 0.1) is 6.42 Å². The Morgan fingerprint density at radius 2 is 2.08 bits per heavy atom. The first-order valence-electron chi connectivity index (χ1n) is 7.63. The highest BCUT2D eigenvalue weighted by Crippen LogP contribution is 2.35. The largest absolute Gasteiger partial charge is 0.481 e. The van der Waals surface area contributed by atoms with Gasteiger partial charge in [0.25, 0.3) is 0 Å². The van der Waals surface area contributed by atoms with Crippen molar-refractivity contribution < 1.29 is 23.8 Å². The minimum atomic E-state index is -0.916. The van der Waals surface area contributed by atoms with Crippen molar-refractivity contribution in [1.29, 1.82) is 0 Å². The van der Waals surface area contributed by atoms with Crippen molar-refractivity contribution in [1.82, 2.24) is 5.32 Å². The summed E-state index contributed by atoms with van der Waals surface area (Å²) in [5.74, 6) is 0.0636. The molecule has 0 bridgehead atoms. The normalized spacial score (nSPS) is 13.8. The Balaban J connectivity index is 1.79. The fraction of sp³-hybridized carbons (Fsp3) is 0.278. The van der Waals surface area contributed by atoms with Crippen LogP contribution < -0.4 is 14.8 Å². The Morgan fingerprint density at radius 3 is 2.88 bits per heavy atom.